The van der Waals surface area contributed by atoms with Crippen molar-refractivity contribution in [2.45, 2.75) is 66.7 Å². The molecule has 0 heterocycles. The highest BCUT2D eigenvalue weighted by Gasteiger charge is 1.93. The Hall–Kier alpha value is -1.11. The molecular formula is C17H28O. The zero-order valence-corrected chi connectivity index (χ0v) is 12.7. The van der Waals surface area contributed by atoms with Gasteiger partial charge in [-0.05, 0) is 60.3 Å². The summed E-state index contributed by atoms with van der Waals surface area (Å²) in [6, 6.07) is 0. The molecule has 1 heteroatoms. The van der Waals surface area contributed by atoms with Crippen LogP contribution in [0, 0.1) is 0 Å². The van der Waals surface area contributed by atoms with Crippen molar-refractivity contribution in [2.24, 2.45) is 0 Å². The van der Waals surface area contributed by atoms with Gasteiger partial charge in [0.15, 0.2) is 0 Å². The standard InChI is InChI=1S/C17H28O/c1-14(2)8-6-9-15(3)10-7-11-16(4)12-13-17(5)18/h8,10,12H,6-7,9,11,13H2,1-5H3/b15-10+,16-12+. The fourth-order valence-corrected chi connectivity index (χ4v) is 1.66. The molecule has 0 spiro atoms. The summed E-state index contributed by atoms with van der Waals surface area (Å²) in [5, 5.41) is 0. The van der Waals surface area contributed by atoms with E-state index in [1.165, 1.54) is 16.7 Å². The number of carbonyl (C=O) groups excluding carboxylic acids is 1. The van der Waals surface area contributed by atoms with Gasteiger partial charge in [0.1, 0.15) is 5.78 Å². The van der Waals surface area contributed by atoms with Crippen molar-refractivity contribution in [3.8, 4) is 0 Å². The number of ketones is 1. The highest BCUT2D eigenvalue weighted by atomic mass is 16.1. The summed E-state index contributed by atoms with van der Waals surface area (Å²) in [6.07, 6.45) is 11.7. The Morgan fingerprint density at radius 1 is 0.778 bits per heavy atom. The SMILES string of the molecule is CC(=O)C/C=C(\C)CC/C=C(\C)CCC=C(C)C. The van der Waals surface area contributed by atoms with E-state index >= 15 is 0 Å². The zero-order chi connectivity index (χ0) is 14.0. The van der Waals surface area contributed by atoms with E-state index < -0.39 is 0 Å². The maximum absolute atomic E-state index is 10.8. The molecule has 0 fully saturated rings. The van der Waals surface area contributed by atoms with Gasteiger partial charge in [0.25, 0.3) is 0 Å². The molecule has 18 heavy (non-hydrogen) atoms. The van der Waals surface area contributed by atoms with E-state index in [4.69, 9.17) is 0 Å². The Kier molecular flexibility index (Phi) is 9.26. The summed E-state index contributed by atoms with van der Waals surface area (Å²) < 4.78 is 0. The number of allylic oxidation sites excluding steroid dienone is 6. The molecule has 0 rings (SSSR count). The van der Waals surface area contributed by atoms with Gasteiger partial charge < -0.3 is 0 Å². The van der Waals surface area contributed by atoms with Crippen LogP contribution in [0.2, 0.25) is 0 Å². The van der Waals surface area contributed by atoms with Gasteiger partial charge in [-0.15, -0.1) is 0 Å². The second-order valence-corrected chi connectivity index (χ2v) is 5.37. The van der Waals surface area contributed by atoms with E-state index in [9.17, 15) is 4.79 Å². The molecule has 0 N–H and O–H groups in total. The molecule has 0 aliphatic carbocycles. The van der Waals surface area contributed by atoms with Gasteiger partial charge in [0.2, 0.25) is 0 Å². The maximum atomic E-state index is 10.8. The predicted octanol–water partition coefficient (Wildman–Crippen LogP) is 5.38. The molecule has 0 atom stereocenters. The van der Waals surface area contributed by atoms with Gasteiger partial charge in [0.05, 0.1) is 0 Å². The summed E-state index contributed by atoms with van der Waals surface area (Å²) in [4.78, 5) is 10.8. The van der Waals surface area contributed by atoms with Crippen LogP contribution in [0.5, 0.6) is 0 Å². The molecule has 0 radical (unpaired) electrons. The second kappa shape index (κ2) is 9.87. The third-order valence-corrected chi connectivity index (χ3v) is 2.86. The lowest BCUT2D eigenvalue weighted by Crippen LogP contribution is -1.87. The maximum Gasteiger partial charge on any atom is 0.133 e. The Morgan fingerprint density at radius 3 is 1.78 bits per heavy atom. The number of carbonyl (C=O) groups is 1. The summed E-state index contributed by atoms with van der Waals surface area (Å²) in [5.41, 5.74) is 4.18. The molecule has 0 aromatic heterocycles. The summed E-state index contributed by atoms with van der Waals surface area (Å²) in [6.45, 7) is 10.2. The van der Waals surface area contributed by atoms with Crippen LogP contribution in [0.1, 0.15) is 66.7 Å². The number of rotatable bonds is 8. The molecule has 0 aliphatic heterocycles. The molecule has 0 aromatic rings. The van der Waals surface area contributed by atoms with Crippen LogP contribution in [0.4, 0.5) is 0 Å². The van der Waals surface area contributed by atoms with Gasteiger partial charge in [-0.3, -0.25) is 4.79 Å². The summed E-state index contributed by atoms with van der Waals surface area (Å²) in [5.74, 6) is 0.239. The predicted molar refractivity (Wildman–Crippen MR) is 80.7 cm³/mol. The Bertz CT molecular complexity index is 339. The minimum Gasteiger partial charge on any atom is -0.300 e. The Morgan fingerprint density at radius 2 is 1.28 bits per heavy atom. The molecule has 0 saturated carbocycles. The van der Waals surface area contributed by atoms with Crippen molar-refractivity contribution in [1.29, 1.82) is 0 Å². The van der Waals surface area contributed by atoms with E-state index in [0.29, 0.717) is 6.42 Å². The average molecular weight is 248 g/mol. The lowest BCUT2D eigenvalue weighted by Gasteiger charge is -2.01. The van der Waals surface area contributed by atoms with Crippen LogP contribution in [-0.4, -0.2) is 5.78 Å². The fraction of sp³-hybridized carbons (Fsp3) is 0.588. The molecular weight excluding hydrogens is 220 g/mol. The van der Waals surface area contributed by atoms with Crippen LogP contribution in [0.15, 0.2) is 34.9 Å². The zero-order valence-electron chi connectivity index (χ0n) is 12.7. The van der Waals surface area contributed by atoms with Crippen LogP contribution in [-0.2, 0) is 4.79 Å². The van der Waals surface area contributed by atoms with Gasteiger partial charge in [-0.25, -0.2) is 0 Å². The fourth-order valence-electron chi connectivity index (χ4n) is 1.66. The van der Waals surface area contributed by atoms with Crippen molar-refractivity contribution in [2.75, 3.05) is 0 Å². The van der Waals surface area contributed by atoms with Crippen molar-refractivity contribution in [1.82, 2.24) is 0 Å². The molecule has 102 valence electrons. The summed E-state index contributed by atoms with van der Waals surface area (Å²) in [7, 11) is 0. The molecule has 0 aromatic carbocycles. The molecule has 0 bridgehead atoms. The first-order chi connectivity index (χ1) is 8.41. The van der Waals surface area contributed by atoms with Crippen molar-refractivity contribution < 1.29 is 4.79 Å². The first-order valence-electron chi connectivity index (χ1n) is 6.86. The van der Waals surface area contributed by atoms with Crippen molar-refractivity contribution in [3.05, 3.63) is 34.9 Å². The minimum absolute atomic E-state index is 0.239. The molecule has 0 aliphatic rings. The first-order valence-corrected chi connectivity index (χ1v) is 6.86. The van der Waals surface area contributed by atoms with Gasteiger partial charge in [-0.2, -0.15) is 0 Å². The van der Waals surface area contributed by atoms with E-state index in [-0.39, 0.29) is 5.78 Å². The molecule has 0 saturated heterocycles. The summed E-state index contributed by atoms with van der Waals surface area (Å²) >= 11 is 0. The average Bonchev–Trinajstić information content (AvgIpc) is 2.25. The first kappa shape index (κ1) is 16.9. The highest BCUT2D eigenvalue weighted by Crippen LogP contribution is 2.11. The largest absolute Gasteiger partial charge is 0.300 e. The molecule has 0 unspecified atom stereocenters. The monoisotopic (exact) mass is 248 g/mol. The Balaban J connectivity index is 3.89. The number of hydrogen-bond donors (Lipinski definition) is 0. The van der Waals surface area contributed by atoms with Gasteiger partial charge >= 0.3 is 0 Å². The van der Waals surface area contributed by atoms with E-state index in [1.807, 2.05) is 0 Å². The topological polar surface area (TPSA) is 17.1 Å². The normalized spacial score (nSPS) is 12.5. The van der Waals surface area contributed by atoms with E-state index in [0.717, 1.165) is 25.7 Å². The van der Waals surface area contributed by atoms with E-state index in [2.05, 4.69) is 45.9 Å². The van der Waals surface area contributed by atoms with Gasteiger partial charge in [0, 0.05) is 6.42 Å². The Labute approximate surface area is 113 Å². The highest BCUT2D eigenvalue weighted by molar-refractivity contribution is 5.77. The third kappa shape index (κ3) is 11.4. The lowest BCUT2D eigenvalue weighted by molar-refractivity contribution is -0.116. The quantitative estimate of drug-likeness (QED) is 0.527. The van der Waals surface area contributed by atoms with Crippen LogP contribution in [0.3, 0.4) is 0 Å². The van der Waals surface area contributed by atoms with Gasteiger partial charge in [-0.1, -0.05) is 34.9 Å². The lowest BCUT2D eigenvalue weighted by atomic mass is 10.1. The third-order valence-electron chi connectivity index (χ3n) is 2.86. The van der Waals surface area contributed by atoms with Crippen molar-refractivity contribution in [3.63, 3.8) is 0 Å². The molecule has 0 amide bonds. The van der Waals surface area contributed by atoms with Crippen LogP contribution in [0.25, 0.3) is 0 Å². The smallest absolute Gasteiger partial charge is 0.133 e. The second-order valence-electron chi connectivity index (χ2n) is 5.37. The van der Waals surface area contributed by atoms with Crippen LogP contribution >= 0.6 is 0 Å². The molecule has 1 nitrogen and oxygen atoms in total. The van der Waals surface area contributed by atoms with Crippen LogP contribution < -0.4 is 0 Å². The number of hydrogen-bond acceptors (Lipinski definition) is 1. The van der Waals surface area contributed by atoms with Crippen molar-refractivity contribution >= 4 is 5.78 Å². The number of Topliss-reactive ketones (excluding diaryl/α,β-unsaturated/α-hetero) is 1. The minimum atomic E-state index is 0.239. The van der Waals surface area contributed by atoms with E-state index in [1.54, 1.807) is 6.92 Å².